The van der Waals surface area contributed by atoms with Gasteiger partial charge in [-0.05, 0) is 30.3 Å². The van der Waals surface area contributed by atoms with E-state index in [4.69, 9.17) is 6.42 Å². The van der Waals surface area contributed by atoms with Crippen LogP contribution in [-0.4, -0.2) is 0 Å². The standard InChI is InChI=1S/C14H9FS/c1-2-11-6-5-7-12(10-11)16-14-9-4-3-8-13(14)15/h1,3-10H. The van der Waals surface area contributed by atoms with Crippen molar-refractivity contribution in [3.05, 3.63) is 59.9 Å². The highest BCUT2D eigenvalue weighted by Crippen LogP contribution is 2.29. The highest BCUT2D eigenvalue weighted by Gasteiger charge is 2.02. The van der Waals surface area contributed by atoms with Gasteiger partial charge in [0.05, 0.1) is 0 Å². The minimum atomic E-state index is -0.210. The van der Waals surface area contributed by atoms with Gasteiger partial charge >= 0.3 is 0 Å². The first-order valence-corrected chi connectivity index (χ1v) is 5.60. The maximum Gasteiger partial charge on any atom is 0.137 e. The lowest BCUT2D eigenvalue weighted by Gasteiger charge is -2.03. The molecular formula is C14H9FS. The van der Waals surface area contributed by atoms with E-state index in [1.165, 1.54) is 17.8 Å². The van der Waals surface area contributed by atoms with Crippen LogP contribution in [0.25, 0.3) is 0 Å². The number of halogens is 1. The minimum absolute atomic E-state index is 0.210. The zero-order valence-corrected chi connectivity index (χ0v) is 9.30. The third-order valence-corrected chi connectivity index (χ3v) is 3.11. The smallest absolute Gasteiger partial charge is 0.137 e. The number of rotatable bonds is 2. The third kappa shape index (κ3) is 2.44. The van der Waals surface area contributed by atoms with Gasteiger partial charge in [-0.15, -0.1) is 6.42 Å². The van der Waals surface area contributed by atoms with Crippen molar-refractivity contribution >= 4 is 11.8 Å². The molecule has 0 heterocycles. The molecule has 0 bridgehead atoms. The molecule has 0 aliphatic rings. The van der Waals surface area contributed by atoms with Crippen molar-refractivity contribution in [2.75, 3.05) is 0 Å². The number of hydrogen-bond acceptors (Lipinski definition) is 1. The maximum atomic E-state index is 13.4. The fourth-order valence-electron chi connectivity index (χ4n) is 1.30. The van der Waals surface area contributed by atoms with Crippen molar-refractivity contribution in [1.29, 1.82) is 0 Å². The van der Waals surface area contributed by atoms with E-state index in [0.717, 1.165) is 10.5 Å². The van der Waals surface area contributed by atoms with E-state index in [0.29, 0.717) is 4.90 Å². The Kier molecular flexibility index (Phi) is 3.28. The van der Waals surface area contributed by atoms with E-state index in [1.54, 1.807) is 12.1 Å². The average molecular weight is 228 g/mol. The lowest BCUT2D eigenvalue weighted by molar-refractivity contribution is 0.602. The summed E-state index contributed by atoms with van der Waals surface area (Å²) in [6.07, 6.45) is 5.31. The van der Waals surface area contributed by atoms with Gasteiger partial charge in [0, 0.05) is 15.4 Å². The van der Waals surface area contributed by atoms with E-state index < -0.39 is 0 Å². The van der Waals surface area contributed by atoms with E-state index >= 15 is 0 Å². The first kappa shape index (κ1) is 10.8. The summed E-state index contributed by atoms with van der Waals surface area (Å²) in [5.74, 6) is 2.35. The molecular weight excluding hydrogens is 219 g/mol. The van der Waals surface area contributed by atoms with E-state index in [-0.39, 0.29) is 5.82 Å². The average Bonchev–Trinajstić information content (AvgIpc) is 2.32. The summed E-state index contributed by atoms with van der Waals surface area (Å²) in [4.78, 5) is 1.55. The van der Waals surface area contributed by atoms with Crippen molar-refractivity contribution in [2.24, 2.45) is 0 Å². The molecule has 0 saturated heterocycles. The van der Waals surface area contributed by atoms with Crippen LogP contribution in [0.3, 0.4) is 0 Å². The molecule has 0 saturated carbocycles. The van der Waals surface area contributed by atoms with Gasteiger partial charge in [0.1, 0.15) is 5.82 Å². The Bertz CT molecular complexity index is 540. The van der Waals surface area contributed by atoms with Gasteiger partial charge in [-0.1, -0.05) is 35.9 Å². The van der Waals surface area contributed by atoms with Gasteiger partial charge in [-0.25, -0.2) is 4.39 Å². The Morgan fingerprint density at radius 2 is 1.88 bits per heavy atom. The van der Waals surface area contributed by atoms with E-state index in [1.807, 2.05) is 30.3 Å². The molecule has 2 heteroatoms. The quantitative estimate of drug-likeness (QED) is 0.701. The number of terminal acetylenes is 1. The molecule has 0 aromatic heterocycles. The number of benzene rings is 2. The molecule has 0 aliphatic carbocycles. The Morgan fingerprint density at radius 3 is 2.62 bits per heavy atom. The second kappa shape index (κ2) is 4.87. The monoisotopic (exact) mass is 228 g/mol. The second-order valence-electron chi connectivity index (χ2n) is 3.20. The van der Waals surface area contributed by atoms with Gasteiger partial charge in [0.25, 0.3) is 0 Å². The van der Waals surface area contributed by atoms with E-state index in [9.17, 15) is 4.39 Å². The van der Waals surface area contributed by atoms with Crippen LogP contribution in [-0.2, 0) is 0 Å². The van der Waals surface area contributed by atoms with Gasteiger partial charge in [-0.3, -0.25) is 0 Å². The van der Waals surface area contributed by atoms with Crippen LogP contribution >= 0.6 is 11.8 Å². The van der Waals surface area contributed by atoms with Crippen molar-refractivity contribution < 1.29 is 4.39 Å². The maximum absolute atomic E-state index is 13.4. The first-order chi connectivity index (χ1) is 7.79. The van der Waals surface area contributed by atoms with E-state index in [2.05, 4.69) is 5.92 Å². The summed E-state index contributed by atoms with van der Waals surface area (Å²) in [5.41, 5.74) is 0.807. The molecule has 2 rings (SSSR count). The molecule has 0 spiro atoms. The summed E-state index contributed by atoms with van der Waals surface area (Å²) in [5, 5.41) is 0. The molecule has 0 fully saturated rings. The Labute approximate surface area is 98.5 Å². The third-order valence-electron chi connectivity index (χ3n) is 2.07. The van der Waals surface area contributed by atoms with Gasteiger partial charge in [0.15, 0.2) is 0 Å². The molecule has 0 aliphatic heterocycles. The van der Waals surface area contributed by atoms with Gasteiger partial charge in [0.2, 0.25) is 0 Å². The molecule has 0 atom stereocenters. The molecule has 0 radical (unpaired) electrons. The molecule has 0 nitrogen and oxygen atoms in total. The molecule has 78 valence electrons. The number of hydrogen-bond donors (Lipinski definition) is 0. The van der Waals surface area contributed by atoms with Crippen molar-refractivity contribution in [3.63, 3.8) is 0 Å². The molecule has 2 aromatic rings. The Balaban J connectivity index is 2.28. The largest absolute Gasteiger partial charge is 0.206 e. The normalized spacial score (nSPS) is 9.75. The van der Waals surface area contributed by atoms with Crippen LogP contribution in [0.15, 0.2) is 58.3 Å². The first-order valence-electron chi connectivity index (χ1n) is 4.78. The highest BCUT2D eigenvalue weighted by molar-refractivity contribution is 7.99. The summed E-state index contributed by atoms with van der Waals surface area (Å²) < 4.78 is 13.4. The lowest BCUT2D eigenvalue weighted by atomic mass is 10.2. The SMILES string of the molecule is C#Cc1cccc(Sc2ccccc2F)c1. The van der Waals surface area contributed by atoms with Gasteiger partial charge in [-0.2, -0.15) is 0 Å². The second-order valence-corrected chi connectivity index (χ2v) is 4.32. The summed E-state index contributed by atoms with van der Waals surface area (Å²) in [7, 11) is 0. The molecule has 2 aromatic carbocycles. The van der Waals surface area contributed by atoms with Crippen molar-refractivity contribution in [1.82, 2.24) is 0 Å². The summed E-state index contributed by atoms with van der Waals surface area (Å²) in [6, 6.07) is 14.2. The minimum Gasteiger partial charge on any atom is -0.206 e. The summed E-state index contributed by atoms with van der Waals surface area (Å²) in [6.45, 7) is 0. The zero-order valence-electron chi connectivity index (χ0n) is 8.48. The molecule has 0 unspecified atom stereocenters. The fourth-order valence-corrected chi connectivity index (χ4v) is 2.20. The summed E-state index contributed by atoms with van der Waals surface area (Å²) >= 11 is 1.37. The predicted octanol–water partition coefficient (Wildman–Crippen LogP) is 3.96. The van der Waals surface area contributed by atoms with Crippen LogP contribution in [0.4, 0.5) is 4.39 Å². The van der Waals surface area contributed by atoms with Crippen LogP contribution in [0, 0.1) is 18.2 Å². The Hall–Kier alpha value is -1.72. The predicted molar refractivity (Wildman–Crippen MR) is 64.9 cm³/mol. The van der Waals surface area contributed by atoms with Crippen LogP contribution in [0.5, 0.6) is 0 Å². The van der Waals surface area contributed by atoms with Crippen molar-refractivity contribution in [3.8, 4) is 12.3 Å². The fraction of sp³-hybridized carbons (Fsp3) is 0. The Morgan fingerprint density at radius 1 is 1.06 bits per heavy atom. The van der Waals surface area contributed by atoms with Crippen LogP contribution < -0.4 is 0 Å². The molecule has 16 heavy (non-hydrogen) atoms. The highest BCUT2D eigenvalue weighted by atomic mass is 32.2. The van der Waals surface area contributed by atoms with Crippen molar-refractivity contribution in [2.45, 2.75) is 9.79 Å². The lowest BCUT2D eigenvalue weighted by Crippen LogP contribution is -1.80. The topological polar surface area (TPSA) is 0 Å². The molecule has 0 N–H and O–H groups in total. The zero-order chi connectivity index (χ0) is 11.4. The van der Waals surface area contributed by atoms with Crippen LogP contribution in [0.2, 0.25) is 0 Å². The molecule has 0 amide bonds. The van der Waals surface area contributed by atoms with Gasteiger partial charge < -0.3 is 0 Å². The van der Waals surface area contributed by atoms with Crippen LogP contribution in [0.1, 0.15) is 5.56 Å².